The van der Waals surface area contributed by atoms with Crippen LogP contribution in [0.5, 0.6) is 0 Å². The maximum absolute atomic E-state index is 10.6. The quantitative estimate of drug-likeness (QED) is 0.899. The zero-order valence-electron chi connectivity index (χ0n) is 9.98. The van der Waals surface area contributed by atoms with Crippen molar-refractivity contribution in [3.8, 4) is 11.3 Å². The second kappa shape index (κ2) is 4.33. The lowest BCUT2D eigenvalue weighted by molar-refractivity contribution is -0.136. The molecule has 3 heteroatoms. The molecule has 1 aliphatic rings. The average molecular weight is 242 g/mol. The Hall–Kier alpha value is -2.03. The predicted octanol–water partition coefficient (Wildman–Crippen LogP) is 3.06. The number of hydrogen-bond acceptors (Lipinski definition) is 2. The lowest BCUT2D eigenvalue weighted by Gasteiger charge is -2.02. The van der Waals surface area contributed by atoms with Gasteiger partial charge in [0.05, 0.1) is 0 Å². The van der Waals surface area contributed by atoms with Gasteiger partial charge in [0.25, 0.3) is 0 Å². The minimum atomic E-state index is -0.871. The van der Waals surface area contributed by atoms with E-state index in [0.717, 1.165) is 24.2 Å². The minimum absolute atomic E-state index is 0.0645. The van der Waals surface area contributed by atoms with Gasteiger partial charge in [-0.15, -0.1) is 0 Å². The molecular formula is C15H14O3. The summed E-state index contributed by atoms with van der Waals surface area (Å²) >= 11 is 0. The molecule has 1 aromatic heterocycles. The van der Waals surface area contributed by atoms with Crippen molar-refractivity contribution in [2.45, 2.75) is 25.7 Å². The van der Waals surface area contributed by atoms with Gasteiger partial charge in [-0.3, -0.25) is 4.79 Å². The van der Waals surface area contributed by atoms with Crippen LogP contribution in [0, 0.1) is 0 Å². The topological polar surface area (TPSA) is 50.4 Å². The number of carbonyl (C=O) groups is 1. The smallest absolute Gasteiger partial charge is 0.311 e. The first-order chi connectivity index (χ1) is 8.72. The van der Waals surface area contributed by atoms with Crippen LogP contribution in [0.3, 0.4) is 0 Å². The van der Waals surface area contributed by atoms with E-state index in [2.05, 4.69) is 12.1 Å². The monoisotopic (exact) mass is 242 g/mol. The third-order valence-corrected chi connectivity index (χ3v) is 3.37. The Bertz CT molecular complexity index is 596. The number of carboxylic acid groups (broad SMARTS) is 1. The molecule has 1 heterocycles. The van der Waals surface area contributed by atoms with E-state index in [1.807, 2.05) is 12.1 Å². The Morgan fingerprint density at radius 2 is 2.00 bits per heavy atom. The number of aliphatic carboxylic acids is 1. The molecule has 18 heavy (non-hydrogen) atoms. The molecule has 1 N–H and O–H groups in total. The highest BCUT2D eigenvalue weighted by molar-refractivity contribution is 5.70. The van der Waals surface area contributed by atoms with Gasteiger partial charge in [-0.2, -0.15) is 0 Å². The summed E-state index contributed by atoms with van der Waals surface area (Å²) in [4.78, 5) is 10.6. The molecule has 0 spiro atoms. The van der Waals surface area contributed by atoms with E-state index in [1.165, 1.54) is 17.5 Å². The SMILES string of the molecule is O=C(O)Cc1ccc(-c2ccc3c(c2)CCC3)o1. The number of carboxylic acids is 1. The molecule has 3 nitrogen and oxygen atoms in total. The van der Waals surface area contributed by atoms with Crippen LogP contribution in [0.25, 0.3) is 11.3 Å². The van der Waals surface area contributed by atoms with E-state index < -0.39 is 5.97 Å². The Labute approximate surface area is 105 Å². The highest BCUT2D eigenvalue weighted by atomic mass is 16.4. The van der Waals surface area contributed by atoms with Crippen molar-refractivity contribution in [3.63, 3.8) is 0 Å². The van der Waals surface area contributed by atoms with Gasteiger partial charge < -0.3 is 9.52 Å². The fraction of sp³-hybridized carbons (Fsp3) is 0.267. The molecule has 92 valence electrons. The summed E-state index contributed by atoms with van der Waals surface area (Å²) in [6.07, 6.45) is 3.45. The van der Waals surface area contributed by atoms with Crippen LogP contribution in [0.15, 0.2) is 34.7 Å². The molecule has 0 atom stereocenters. The first-order valence-electron chi connectivity index (χ1n) is 6.15. The third-order valence-electron chi connectivity index (χ3n) is 3.37. The number of fused-ring (bicyclic) bond motifs is 1. The van der Waals surface area contributed by atoms with E-state index in [1.54, 1.807) is 6.07 Å². The second-order valence-corrected chi connectivity index (χ2v) is 4.67. The van der Waals surface area contributed by atoms with Crippen LogP contribution in [-0.2, 0) is 24.1 Å². The van der Waals surface area contributed by atoms with Gasteiger partial charge >= 0.3 is 5.97 Å². The molecular weight excluding hydrogens is 228 g/mol. The third kappa shape index (κ3) is 2.04. The first kappa shape index (κ1) is 11.1. The second-order valence-electron chi connectivity index (χ2n) is 4.67. The standard InChI is InChI=1S/C15H14O3/c16-15(17)9-13-6-7-14(18-13)12-5-4-10-2-1-3-11(10)8-12/h4-8H,1-3,9H2,(H,16,17). The molecule has 3 rings (SSSR count). The number of furan rings is 1. The van der Waals surface area contributed by atoms with Crippen LogP contribution in [-0.4, -0.2) is 11.1 Å². The summed E-state index contributed by atoms with van der Waals surface area (Å²) in [6, 6.07) is 9.93. The fourth-order valence-electron chi connectivity index (χ4n) is 2.50. The summed E-state index contributed by atoms with van der Waals surface area (Å²) in [7, 11) is 0. The predicted molar refractivity (Wildman–Crippen MR) is 67.5 cm³/mol. The maximum atomic E-state index is 10.6. The van der Waals surface area contributed by atoms with Gasteiger partial charge in [0, 0.05) is 5.56 Å². The number of hydrogen-bond donors (Lipinski definition) is 1. The lowest BCUT2D eigenvalue weighted by atomic mass is 10.1. The number of rotatable bonds is 3. The largest absolute Gasteiger partial charge is 0.481 e. The average Bonchev–Trinajstić information content (AvgIpc) is 2.95. The first-order valence-corrected chi connectivity index (χ1v) is 6.15. The van der Waals surface area contributed by atoms with Crippen LogP contribution in [0.4, 0.5) is 0 Å². The van der Waals surface area contributed by atoms with Crippen LogP contribution in [0.2, 0.25) is 0 Å². The van der Waals surface area contributed by atoms with E-state index in [0.29, 0.717) is 5.76 Å². The zero-order valence-corrected chi connectivity index (χ0v) is 9.98. The van der Waals surface area contributed by atoms with Crippen molar-refractivity contribution in [1.29, 1.82) is 0 Å². The van der Waals surface area contributed by atoms with E-state index in [4.69, 9.17) is 9.52 Å². The summed E-state index contributed by atoms with van der Waals surface area (Å²) < 4.78 is 5.56. The van der Waals surface area contributed by atoms with E-state index in [9.17, 15) is 4.79 Å². The molecule has 0 bridgehead atoms. The molecule has 0 saturated heterocycles. The number of aryl methyl sites for hydroxylation is 2. The number of benzene rings is 1. The summed E-state index contributed by atoms with van der Waals surface area (Å²) in [5, 5.41) is 8.71. The van der Waals surface area contributed by atoms with Gasteiger partial charge in [-0.25, -0.2) is 0 Å². The maximum Gasteiger partial charge on any atom is 0.311 e. The van der Waals surface area contributed by atoms with Crippen molar-refractivity contribution < 1.29 is 14.3 Å². The Morgan fingerprint density at radius 3 is 2.83 bits per heavy atom. The summed E-state index contributed by atoms with van der Waals surface area (Å²) in [5.41, 5.74) is 3.85. The fourth-order valence-corrected chi connectivity index (χ4v) is 2.50. The molecule has 1 aliphatic carbocycles. The highest BCUT2D eigenvalue weighted by Gasteiger charge is 2.13. The van der Waals surface area contributed by atoms with Crippen LogP contribution in [0.1, 0.15) is 23.3 Å². The van der Waals surface area contributed by atoms with Gasteiger partial charge in [0.1, 0.15) is 17.9 Å². The Kier molecular flexibility index (Phi) is 2.67. The van der Waals surface area contributed by atoms with Crippen molar-refractivity contribution in [3.05, 3.63) is 47.2 Å². The van der Waals surface area contributed by atoms with Crippen LogP contribution >= 0.6 is 0 Å². The minimum Gasteiger partial charge on any atom is -0.481 e. The molecule has 0 radical (unpaired) electrons. The molecule has 0 saturated carbocycles. The zero-order chi connectivity index (χ0) is 12.5. The molecule has 0 unspecified atom stereocenters. The highest BCUT2D eigenvalue weighted by Crippen LogP contribution is 2.29. The Balaban J connectivity index is 1.90. The molecule has 1 aromatic carbocycles. The molecule has 2 aromatic rings. The summed E-state index contributed by atoms with van der Waals surface area (Å²) in [5.74, 6) is 0.379. The lowest BCUT2D eigenvalue weighted by Crippen LogP contribution is -1.97. The van der Waals surface area contributed by atoms with E-state index in [-0.39, 0.29) is 6.42 Å². The van der Waals surface area contributed by atoms with Crippen molar-refractivity contribution in [2.24, 2.45) is 0 Å². The van der Waals surface area contributed by atoms with Gasteiger partial charge in [-0.1, -0.05) is 12.1 Å². The van der Waals surface area contributed by atoms with Crippen molar-refractivity contribution in [1.82, 2.24) is 0 Å². The molecule has 0 aliphatic heterocycles. The van der Waals surface area contributed by atoms with Gasteiger partial charge in [0.15, 0.2) is 0 Å². The van der Waals surface area contributed by atoms with Crippen molar-refractivity contribution in [2.75, 3.05) is 0 Å². The van der Waals surface area contributed by atoms with E-state index >= 15 is 0 Å². The molecule has 0 amide bonds. The Morgan fingerprint density at radius 1 is 1.17 bits per heavy atom. The normalized spacial score (nSPS) is 13.6. The molecule has 0 fully saturated rings. The van der Waals surface area contributed by atoms with Gasteiger partial charge in [0.2, 0.25) is 0 Å². The summed E-state index contributed by atoms with van der Waals surface area (Å²) in [6.45, 7) is 0. The van der Waals surface area contributed by atoms with Gasteiger partial charge in [-0.05, 0) is 48.6 Å². The van der Waals surface area contributed by atoms with Crippen molar-refractivity contribution >= 4 is 5.97 Å². The van der Waals surface area contributed by atoms with Crippen LogP contribution < -0.4 is 0 Å².